The van der Waals surface area contributed by atoms with Crippen LogP contribution in [0.1, 0.15) is 34.1 Å². The molecule has 2 aliphatic heterocycles. The zero-order valence-corrected chi connectivity index (χ0v) is 13.6. The van der Waals surface area contributed by atoms with E-state index >= 15 is 0 Å². The maximum Gasteiger partial charge on any atom is 0.494 e. The normalized spacial score (nSPS) is 31.3. The van der Waals surface area contributed by atoms with Crippen molar-refractivity contribution in [1.29, 1.82) is 0 Å². The molecule has 2 saturated heterocycles. The molecular weight excluding hydrogens is 261 g/mol. The van der Waals surface area contributed by atoms with Crippen molar-refractivity contribution in [3.8, 4) is 0 Å². The predicted octanol–water partition coefficient (Wildman–Crippen LogP) is 2.21. The molecule has 114 valence electrons. The van der Waals surface area contributed by atoms with Crippen molar-refractivity contribution in [2.45, 2.75) is 45.3 Å². The number of hydrogen-bond acceptors (Lipinski definition) is 3. The van der Waals surface area contributed by atoms with Gasteiger partial charge in [0.1, 0.15) is 0 Å². The Morgan fingerprint density at radius 3 is 1.86 bits per heavy atom. The van der Waals surface area contributed by atoms with Crippen LogP contribution in [0.15, 0.2) is 30.3 Å². The van der Waals surface area contributed by atoms with E-state index in [1.165, 1.54) is 19.5 Å². The monoisotopic (exact) mass is 287 g/mol. The predicted molar refractivity (Wildman–Crippen MR) is 86.6 cm³/mol. The minimum atomic E-state index is -0.256. The molecule has 2 heterocycles. The Hall–Kier alpha value is -0.835. The van der Waals surface area contributed by atoms with Gasteiger partial charge in [0.25, 0.3) is 0 Å². The van der Waals surface area contributed by atoms with E-state index in [0.29, 0.717) is 0 Å². The summed E-state index contributed by atoms with van der Waals surface area (Å²) in [4.78, 5) is 0. The van der Waals surface area contributed by atoms with Crippen molar-refractivity contribution in [3.05, 3.63) is 30.3 Å². The number of piperidine rings is 1. The summed E-state index contributed by atoms with van der Waals surface area (Å²) in [5, 5.41) is 3.32. The van der Waals surface area contributed by atoms with Crippen LogP contribution in [0.2, 0.25) is 0 Å². The third-order valence-corrected chi connectivity index (χ3v) is 5.21. The summed E-state index contributed by atoms with van der Waals surface area (Å²) < 4.78 is 11.9. The first-order valence-electron chi connectivity index (χ1n) is 8.00. The van der Waals surface area contributed by atoms with Gasteiger partial charge in [-0.15, -0.1) is 0 Å². The molecule has 2 atom stereocenters. The van der Waals surface area contributed by atoms with Gasteiger partial charge >= 0.3 is 7.12 Å². The quantitative estimate of drug-likeness (QED) is 0.803. The van der Waals surface area contributed by atoms with E-state index in [1.54, 1.807) is 0 Å². The van der Waals surface area contributed by atoms with Gasteiger partial charge in [0.15, 0.2) is 0 Å². The van der Waals surface area contributed by atoms with Crippen molar-refractivity contribution >= 4 is 12.6 Å². The van der Waals surface area contributed by atoms with Crippen molar-refractivity contribution < 1.29 is 9.31 Å². The highest BCUT2D eigenvalue weighted by atomic mass is 16.7. The van der Waals surface area contributed by atoms with Crippen LogP contribution in [0, 0.1) is 11.8 Å². The van der Waals surface area contributed by atoms with Crippen LogP contribution in [0.3, 0.4) is 0 Å². The molecule has 1 aliphatic carbocycles. The number of fused-ring (bicyclic) bond motifs is 1. The lowest BCUT2D eigenvalue weighted by Crippen LogP contribution is -2.41. The highest BCUT2D eigenvalue weighted by Crippen LogP contribution is 2.40. The summed E-state index contributed by atoms with van der Waals surface area (Å²) in [6.07, 6.45) is 1.52. The minimum Gasteiger partial charge on any atom is -0.399 e. The fourth-order valence-corrected chi connectivity index (χ4v) is 2.85. The Labute approximate surface area is 128 Å². The summed E-state index contributed by atoms with van der Waals surface area (Å²) in [7, 11) is -0.240. The first-order valence-corrected chi connectivity index (χ1v) is 8.00. The van der Waals surface area contributed by atoms with Crippen molar-refractivity contribution in [1.82, 2.24) is 5.32 Å². The lowest BCUT2D eigenvalue weighted by Gasteiger charge is -2.32. The molecule has 0 radical (unpaired) electrons. The minimum absolute atomic E-state index is 0.240. The van der Waals surface area contributed by atoms with Crippen LogP contribution in [0.4, 0.5) is 0 Å². The van der Waals surface area contributed by atoms with Gasteiger partial charge in [-0.05, 0) is 64.5 Å². The molecule has 0 bridgehead atoms. The first-order chi connectivity index (χ1) is 9.89. The van der Waals surface area contributed by atoms with Crippen LogP contribution < -0.4 is 10.8 Å². The van der Waals surface area contributed by atoms with Crippen LogP contribution in [0.25, 0.3) is 0 Å². The van der Waals surface area contributed by atoms with Crippen molar-refractivity contribution in [3.63, 3.8) is 0 Å². The van der Waals surface area contributed by atoms with E-state index in [-0.39, 0.29) is 18.3 Å². The molecule has 0 spiro atoms. The molecule has 1 saturated carbocycles. The third kappa shape index (κ3) is 3.18. The van der Waals surface area contributed by atoms with E-state index in [1.807, 2.05) is 30.3 Å². The maximum atomic E-state index is 5.93. The van der Waals surface area contributed by atoms with Gasteiger partial charge in [-0.3, -0.25) is 0 Å². The lowest BCUT2D eigenvalue weighted by atomic mass is 9.79. The number of rotatable bonds is 1. The summed E-state index contributed by atoms with van der Waals surface area (Å²) in [6, 6.07) is 10.1. The Balaban J connectivity index is 0.000000180. The highest BCUT2D eigenvalue weighted by molar-refractivity contribution is 6.62. The molecule has 3 aliphatic rings. The third-order valence-electron chi connectivity index (χ3n) is 5.21. The zero-order valence-electron chi connectivity index (χ0n) is 13.6. The second-order valence-corrected chi connectivity index (χ2v) is 7.41. The molecular formula is C17H26BNO2. The number of benzene rings is 1. The van der Waals surface area contributed by atoms with E-state index in [2.05, 4.69) is 33.0 Å². The van der Waals surface area contributed by atoms with Crippen LogP contribution in [0.5, 0.6) is 0 Å². The molecule has 2 unspecified atom stereocenters. The van der Waals surface area contributed by atoms with Crippen molar-refractivity contribution in [2.24, 2.45) is 11.8 Å². The molecule has 4 rings (SSSR count). The Bertz CT molecular complexity index is 465. The maximum absolute atomic E-state index is 5.93. The highest BCUT2D eigenvalue weighted by Gasteiger charge is 2.51. The zero-order chi connectivity index (χ0) is 15.1. The molecule has 21 heavy (non-hydrogen) atoms. The summed E-state index contributed by atoms with van der Waals surface area (Å²) in [5.41, 5.74) is 0.567. The van der Waals surface area contributed by atoms with E-state index in [9.17, 15) is 0 Å². The average molecular weight is 287 g/mol. The largest absolute Gasteiger partial charge is 0.494 e. The van der Waals surface area contributed by atoms with Gasteiger partial charge in [0, 0.05) is 0 Å². The first kappa shape index (κ1) is 15.1. The fraction of sp³-hybridized carbons (Fsp3) is 0.647. The average Bonchev–Trinajstić information content (AvgIpc) is 2.96. The van der Waals surface area contributed by atoms with E-state index < -0.39 is 0 Å². The number of hydrogen-bond donors (Lipinski definition) is 1. The Morgan fingerprint density at radius 1 is 0.952 bits per heavy atom. The van der Waals surface area contributed by atoms with Gasteiger partial charge in [0.05, 0.1) is 11.2 Å². The topological polar surface area (TPSA) is 30.5 Å². The van der Waals surface area contributed by atoms with Gasteiger partial charge in [-0.1, -0.05) is 30.3 Å². The molecule has 1 N–H and O–H groups in total. The summed E-state index contributed by atoms with van der Waals surface area (Å²) >= 11 is 0. The van der Waals surface area contributed by atoms with Crippen molar-refractivity contribution in [2.75, 3.05) is 13.1 Å². The van der Waals surface area contributed by atoms with Crippen LogP contribution in [-0.2, 0) is 9.31 Å². The van der Waals surface area contributed by atoms with Gasteiger partial charge < -0.3 is 14.6 Å². The standard InChI is InChI=1S/C12H17BO2.C5H9N/c1-11(2)12(3,4)15-13(14-11)10-8-6-5-7-9-10;1-4-2-6-3-5(1)4/h5-9H,1-4H3;4-6H,1-3H2. The van der Waals surface area contributed by atoms with Gasteiger partial charge in [-0.2, -0.15) is 0 Å². The molecule has 0 amide bonds. The van der Waals surface area contributed by atoms with Gasteiger partial charge in [0.2, 0.25) is 0 Å². The second-order valence-electron chi connectivity index (χ2n) is 7.41. The molecule has 4 heteroatoms. The molecule has 1 aromatic carbocycles. The molecule has 3 fully saturated rings. The number of nitrogens with one attached hydrogen (secondary N) is 1. The Kier molecular flexibility index (Phi) is 3.89. The molecule has 0 aromatic heterocycles. The SMILES string of the molecule is C1NCC2CC12.CC1(C)OB(c2ccccc2)OC1(C)C. The smallest absolute Gasteiger partial charge is 0.399 e. The van der Waals surface area contributed by atoms with Gasteiger partial charge in [-0.25, -0.2) is 0 Å². The fourth-order valence-electron chi connectivity index (χ4n) is 2.85. The second kappa shape index (κ2) is 5.42. The summed E-state index contributed by atoms with van der Waals surface area (Å²) in [5.74, 6) is 2.20. The lowest BCUT2D eigenvalue weighted by molar-refractivity contribution is 0.00578. The molecule has 3 nitrogen and oxygen atoms in total. The van der Waals surface area contributed by atoms with Crippen LogP contribution >= 0.6 is 0 Å². The molecule has 1 aromatic rings. The Morgan fingerprint density at radius 2 is 1.48 bits per heavy atom. The van der Waals surface area contributed by atoms with Crippen LogP contribution in [-0.4, -0.2) is 31.4 Å². The van der Waals surface area contributed by atoms with E-state index in [4.69, 9.17) is 9.31 Å². The van der Waals surface area contributed by atoms with E-state index in [0.717, 1.165) is 17.3 Å². The summed E-state index contributed by atoms with van der Waals surface area (Å²) in [6.45, 7) is 10.9.